The Kier molecular flexibility index (Phi) is 5.70. The lowest BCUT2D eigenvalue weighted by Crippen LogP contribution is -2.31. The number of hydrogen-bond acceptors (Lipinski definition) is 3. The highest BCUT2D eigenvalue weighted by Crippen LogP contribution is 2.37. The predicted octanol–water partition coefficient (Wildman–Crippen LogP) is 3.71. The van der Waals surface area contributed by atoms with Crippen LogP contribution in [0.5, 0.6) is 0 Å². The topological polar surface area (TPSA) is 46.2 Å². The molecule has 0 aromatic heterocycles. The van der Waals surface area contributed by atoms with E-state index in [1.54, 1.807) is 0 Å². The van der Waals surface area contributed by atoms with E-state index in [1.807, 2.05) is 13.8 Å². The van der Waals surface area contributed by atoms with Crippen molar-refractivity contribution in [2.24, 2.45) is 11.7 Å². The molecule has 0 spiro atoms. The smallest absolute Gasteiger partial charge is 0.391 e. The highest BCUT2D eigenvalue weighted by Gasteiger charge is 2.29. The summed E-state index contributed by atoms with van der Waals surface area (Å²) in [7, 11) is 0. The van der Waals surface area contributed by atoms with Gasteiger partial charge in [0.15, 0.2) is 0 Å². The first-order chi connectivity index (χ1) is 8.74. The van der Waals surface area contributed by atoms with Crippen LogP contribution in [0.1, 0.15) is 31.9 Å². The van der Waals surface area contributed by atoms with Gasteiger partial charge in [0.25, 0.3) is 0 Å². The second-order valence-electron chi connectivity index (χ2n) is 4.52. The zero-order valence-corrected chi connectivity index (χ0v) is 11.6. The maximum atomic E-state index is 12.2. The van der Waals surface area contributed by atoms with E-state index in [-0.39, 0.29) is 22.6 Å². The van der Waals surface area contributed by atoms with Gasteiger partial charge in [0.2, 0.25) is 0 Å². The number of rotatable bonds is 5. The molecule has 6 heteroatoms. The Morgan fingerprint density at radius 1 is 1.26 bits per heavy atom. The molecule has 108 valence electrons. The molecule has 1 aromatic carbocycles. The fourth-order valence-electron chi connectivity index (χ4n) is 1.68. The summed E-state index contributed by atoms with van der Waals surface area (Å²) in [5.41, 5.74) is 2.26. The van der Waals surface area contributed by atoms with Crippen LogP contribution in [0, 0.1) is 5.92 Å². The van der Waals surface area contributed by atoms with Crippen molar-refractivity contribution in [1.29, 1.82) is 0 Å². The number of benzene rings is 1. The number of thioether (sulfide) groups is 1. The summed E-state index contributed by atoms with van der Waals surface area (Å²) >= 11 is -0.163. The molecule has 3 atom stereocenters. The van der Waals surface area contributed by atoms with Gasteiger partial charge in [0.05, 0.1) is 12.1 Å². The molecule has 1 unspecified atom stereocenters. The van der Waals surface area contributed by atoms with Crippen LogP contribution in [-0.4, -0.2) is 16.7 Å². The van der Waals surface area contributed by atoms with Gasteiger partial charge in [-0.25, -0.2) is 0 Å². The van der Waals surface area contributed by atoms with Crippen LogP contribution in [0.15, 0.2) is 29.2 Å². The molecule has 1 aromatic rings. The Labute approximate surface area is 115 Å². The Morgan fingerprint density at radius 3 is 2.21 bits per heavy atom. The number of hydrogen-bond donors (Lipinski definition) is 2. The van der Waals surface area contributed by atoms with Gasteiger partial charge in [-0.3, -0.25) is 0 Å². The maximum absolute atomic E-state index is 12.2. The molecule has 1 rings (SSSR count). The first kappa shape index (κ1) is 16.3. The van der Waals surface area contributed by atoms with Crippen LogP contribution in [0.2, 0.25) is 0 Å². The second kappa shape index (κ2) is 6.63. The molecule has 0 radical (unpaired) electrons. The Balaban J connectivity index is 2.76. The van der Waals surface area contributed by atoms with Crippen LogP contribution < -0.4 is 5.73 Å². The monoisotopic (exact) mass is 293 g/mol. The minimum atomic E-state index is -4.29. The highest BCUT2D eigenvalue weighted by atomic mass is 32.2. The van der Waals surface area contributed by atoms with E-state index in [2.05, 4.69) is 0 Å². The van der Waals surface area contributed by atoms with E-state index in [1.165, 1.54) is 24.3 Å². The zero-order valence-electron chi connectivity index (χ0n) is 10.8. The summed E-state index contributed by atoms with van der Waals surface area (Å²) < 4.78 is 36.5. The third-order valence-electron chi connectivity index (χ3n) is 3.09. The summed E-state index contributed by atoms with van der Waals surface area (Å²) in [4.78, 5) is 0.112. The number of aliphatic hydroxyl groups is 1. The second-order valence-corrected chi connectivity index (χ2v) is 5.66. The van der Waals surface area contributed by atoms with Gasteiger partial charge in [-0.05, 0) is 35.4 Å². The third-order valence-corrected chi connectivity index (χ3v) is 3.83. The van der Waals surface area contributed by atoms with Gasteiger partial charge in [0.1, 0.15) is 0 Å². The van der Waals surface area contributed by atoms with Crippen molar-refractivity contribution in [1.82, 2.24) is 0 Å². The van der Waals surface area contributed by atoms with Crippen LogP contribution in [-0.2, 0) is 0 Å². The number of aliphatic hydroxyl groups excluding tert-OH is 1. The summed E-state index contributed by atoms with van der Waals surface area (Å²) in [6.45, 7) is 3.84. The normalized spacial score (nSPS) is 17.0. The van der Waals surface area contributed by atoms with Gasteiger partial charge in [-0.1, -0.05) is 32.4 Å². The molecule has 0 fully saturated rings. The standard InChI is InChI=1S/C13H18F3NOS/c1-3-8(2)12(18)11(17)9-4-6-10(7-5-9)19-13(14,15)16/h4-8,11-12,18H,3,17H2,1-2H3/t8?,11-,12+/m0/s1. The highest BCUT2D eigenvalue weighted by molar-refractivity contribution is 8.00. The predicted molar refractivity (Wildman–Crippen MR) is 70.7 cm³/mol. The van der Waals surface area contributed by atoms with Crippen molar-refractivity contribution in [3.8, 4) is 0 Å². The van der Waals surface area contributed by atoms with Crippen LogP contribution in [0.4, 0.5) is 13.2 Å². The van der Waals surface area contributed by atoms with E-state index < -0.39 is 17.7 Å². The van der Waals surface area contributed by atoms with E-state index >= 15 is 0 Å². The Bertz CT molecular complexity index is 394. The molecule has 0 saturated heterocycles. The molecule has 0 bridgehead atoms. The molecular weight excluding hydrogens is 275 g/mol. The third kappa shape index (κ3) is 5.04. The summed E-state index contributed by atoms with van der Waals surface area (Å²) in [6, 6.07) is 5.22. The molecular formula is C13H18F3NOS. The molecule has 0 amide bonds. The lowest BCUT2D eigenvalue weighted by Gasteiger charge is -2.24. The molecule has 2 nitrogen and oxygen atoms in total. The quantitative estimate of drug-likeness (QED) is 0.814. The van der Waals surface area contributed by atoms with Crippen molar-refractivity contribution >= 4 is 11.8 Å². The average molecular weight is 293 g/mol. The largest absolute Gasteiger partial charge is 0.446 e. The van der Waals surface area contributed by atoms with Crippen LogP contribution in [0.25, 0.3) is 0 Å². The van der Waals surface area contributed by atoms with Crippen molar-refractivity contribution in [3.63, 3.8) is 0 Å². The van der Waals surface area contributed by atoms with E-state index in [0.717, 1.165) is 6.42 Å². The van der Waals surface area contributed by atoms with Crippen LogP contribution in [0.3, 0.4) is 0 Å². The lowest BCUT2D eigenvalue weighted by molar-refractivity contribution is -0.0328. The fraction of sp³-hybridized carbons (Fsp3) is 0.538. The minimum absolute atomic E-state index is 0.0410. The fourth-order valence-corrected chi connectivity index (χ4v) is 2.22. The van der Waals surface area contributed by atoms with E-state index in [4.69, 9.17) is 5.73 Å². The Morgan fingerprint density at radius 2 is 1.79 bits per heavy atom. The molecule has 0 aliphatic heterocycles. The SMILES string of the molecule is CCC(C)[C@@H](O)[C@@H](N)c1ccc(SC(F)(F)F)cc1. The summed E-state index contributed by atoms with van der Waals surface area (Å²) in [5.74, 6) is 0.0410. The minimum Gasteiger partial charge on any atom is -0.391 e. The van der Waals surface area contributed by atoms with Gasteiger partial charge < -0.3 is 10.8 Å². The van der Waals surface area contributed by atoms with Crippen molar-refractivity contribution in [2.45, 2.75) is 42.8 Å². The van der Waals surface area contributed by atoms with Gasteiger partial charge >= 0.3 is 5.51 Å². The molecule has 0 aliphatic carbocycles. The number of alkyl halides is 3. The van der Waals surface area contributed by atoms with Gasteiger partial charge in [-0.2, -0.15) is 13.2 Å². The molecule has 0 aliphatic rings. The maximum Gasteiger partial charge on any atom is 0.446 e. The van der Waals surface area contributed by atoms with Crippen LogP contribution >= 0.6 is 11.8 Å². The molecule has 0 heterocycles. The first-order valence-electron chi connectivity index (χ1n) is 6.04. The van der Waals surface area contributed by atoms with E-state index in [9.17, 15) is 18.3 Å². The average Bonchev–Trinajstić information content (AvgIpc) is 2.35. The van der Waals surface area contributed by atoms with Gasteiger partial charge in [0, 0.05) is 4.90 Å². The van der Waals surface area contributed by atoms with Gasteiger partial charge in [-0.15, -0.1) is 0 Å². The van der Waals surface area contributed by atoms with E-state index in [0.29, 0.717) is 5.56 Å². The number of nitrogens with two attached hydrogens (primary N) is 1. The zero-order chi connectivity index (χ0) is 14.6. The molecule has 19 heavy (non-hydrogen) atoms. The summed E-state index contributed by atoms with van der Waals surface area (Å²) in [6.07, 6.45) is 0.0859. The number of halogens is 3. The van der Waals surface area contributed by atoms with Crippen molar-refractivity contribution < 1.29 is 18.3 Å². The molecule has 0 saturated carbocycles. The summed E-state index contributed by atoms with van der Waals surface area (Å²) in [5, 5.41) is 9.99. The van der Waals surface area contributed by atoms with Crippen molar-refractivity contribution in [3.05, 3.63) is 29.8 Å². The lowest BCUT2D eigenvalue weighted by atomic mass is 9.92. The Hall–Kier alpha value is -0.720. The molecule has 3 N–H and O–H groups in total. The first-order valence-corrected chi connectivity index (χ1v) is 6.85. The van der Waals surface area contributed by atoms with Crippen molar-refractivity contribution in [2.75, 3.05) is 0 Å².